The maximum atomic E-state index is 13.5. The van der Waals surface area contributed by atoms with E-state index in [2.05, 4.69) is 10.3 Å². The molecule has 0 saturated carbocycles. The van der Waals surface area contributed by atoms with Gasteiger partial charge in [-0.05, 0) is 37.1 Å². The molecular weight excluding hydrogens is 363 g/mol. The van der Waals surface area contributed by atoms with Crippen molar-refractivity contribution in [3.05, 3.63) is 59.9 Å². The maximum Gasteiger partial charge on any atom is 0.224 e. The van der Waals surface area contributed by atoms with Gasteiger partial charge in [0.05, 0.1) is 17.6 Å². The second-order valence-electron chi connectivity index (χ2n) is 6.65. The highest BCUT2D eigenvalue weighted by molar-refractivity contribution is 7.99. The number of carbonyl (C=O) groups is 1. The number of fused-ring (bicyclic) bond motifs is 1. The van der Waals surface area contributed by atoms with Crippen LogP contribution in [0.1, 0.15) is 18.4 Å². The number of aromatic nitrogens is 1. The predicted octanol–water partition coefficient (Wildman–Crippen LogP) is 4.30. The zero-order valence-corrected chi connectivity index (χ0v) is 15.7. The van der Waals surface area contributed by atoms with Gasteiger partial charge in [0.25, 0.3) is 0 Å². The molecule has 140 valence electrons. The Kier molecular flexibility index (Phi) is 5.45. The standard InChI is InChI=1S/C21H21FN2O2S/c22-14-5-3-7-16(11-14)27-21-18(17-8-1-2-9-19(17)24-21)12-20(25)23-13-15-6-4-10-26-15/h1-3,5,7-9,11,15,24H,4,6,10,12-13H2,(H,23,25)/t15-/m0/s1. The molecule has 3 aromatic rings. The number of hydrogen-bond acceptors (Lipinski definition) is 3. The Bertz CT molecular complexity index is 950. The molecule has 0 aliphatic carbocycles. The molecule has 1 amide bonds. The summed E-state index contributed by atoms with van der Waals surface area (Å²) in [6.45, 7) is 1.32. The Labute approximate surface area is 161 Å². The summed E-state index contributed by atoms with van der Waals surface area (Å²) < 4.78 is 19.1. The quantitative estimate of drug-likeness (QED) is 0.666. The van der Waals surface area contributed by atoms with Crippen LogP contribution in [0, 0.1) is 5.82 Å². The molecule has 2 N–H and O–H groups in total. The average molecular weight is 384 g/mol. The molecule has 0 bridgehead atoms. The first-order chi connectivity index (χ1) is 13.2. The Hall–Kier alpha value is -2.31. The number of hydrogen-bond donors (Lipinski definition) is 2. The van der Waals surface area contributed by atoms with E-state index < -0.39 is 0 Å². The zero-order chi connectivity index (χ0) is 18.6. The minimum absolute atomic E-state index is 0.0312. The predicted molar refractivity (Wildman–Crippen MR) is 105 cm³/mol. The molecule has 1 atom stereocenters. The molecule has 4 rings (SSSR count). The first kappa shape index (κ1) is 18.1. The summed E-state index contributed by atoms with van der Waals surface area (Å²) in [4.78, 5) is 16.7. The monoisotopic (exact) mass is 384 g/mol. The lowest BCUT2D eigenvalue weighted by atomic mass is 10.1. The Morgan fingerprint density at radius 2 is 2.15 bits per heavy atom. The maximum absolute atomic E-state index is 13.5. The number of nitrogens with one attached hydrogen (secondary N) is 2. The normalized spacial score (nSPS) is 16.7. The van der Waals surface area contributed by atoms with Crippen molar-refractivity contribution in [2.75, 3.05) is 13.2 Å². The number of benzene rings is 2. The van der Waals surface area contributed by atoms with Gasteiger partial charge in [0.15, 0.2) is 0 Å². The summed E-state index contributed by atoms with van der Waals surface area (Å²) in [5.41, 5.74) is 1.91. The molecule has 2 heterocycles. The smallest absolute Gasteiger partial charge is 0.224 e. The van der Waals surface area contributed by atoms with Gasteiger partial charge < -0.3 is 15.0 Å². The molecule has 1 fully saturated rings. The van der Waals surface area contributed by atoms with E-state index in [1.54, 1.807) is 6.07 Å². The Balaban J connectivity index is 1.55. The van der Waals surface area contributed by atoms with Crippen LogP contribution in [0.25, 0.3) is 10.9 Å². The fourth-order valence-electron chi connectivity index (χ4n) is 3.34. The fourth-order valence-corrected chi connectivity index (χ4v) is 4.36. The van der Waals surface area contributed by atoms with Crippen LogP contribution >= 0.6 is 11.8 Å². The van der Waals surface area contributed by atoms with E-state index in [0.29, 0.717) is 6.54 Å². The summed E-state index contributed by atoms with van der Waals surface area (Å²) in [6, 6.07) is 14.4. The van der Waals surface area contributed by atoms with Crippen molar-refractivity contribution < 1.29 is 13.9 Å². The molecule has 4 nitrogen and oxygen atoms in total. The van der Waals surface area contributed by atoms with Crippen LogP contribution in [-0.2, 0) is 16.0 Å². The van der Waals surface area contributed by atoms with Crippen LogP contribution in [0.3, 0.4) is 0 Å². The van der Waals surface area contributed by atoms with Gasteiger partial charge in [-0.25, -0.2) is 4.39 Å². The van der Waals surface area contributed by atoms with Crippen molar-refractivity contribution in [2.24, 2.45) is 0 Å². The highest BCUT2D eigenvalue weighted by Gasteiger charge is 2.19. The second kappa shape index (κ2) is 8.15. The average Bonchev–Trinajstić information content (AvgIpc) is 3.29. The van der Waals surface area contributed by atoms with Gasteiger partial charge in [-0.15, -0.1) is 0 Å². The third kappa shape index (κ3) is 4.34. The highest BCUT2D eigenvalue weighted by Crippen LogP contribution is 2.35. The van der Waals surface area contributed by atoms with Crippen LogP contribution < -0.4 is 5.32 Å². The van der Waals surface area contributed by atoms with E-state index >= 15 is 0 Å². The molecule has 0 spiro atoms. The van der Waals surface area contributed by atoms with Crippen molar-refractivity contribution in [1.82, 2.24) is 10.3 Å². The van der Waals surface area contributed by atoms with Crippen LogP contribution in [0.4, 0.5) is 4.39 Å². The van der Waals surface area contributed by atoms with Crippen LogP contribution in [0.5, 0.6) is 0 Å². The summed E-state index contributed by atoms with van der Waals surface area (Å²) >= 11 is 1.44. The Morgan fingerprint density at radius 1 is 1.26 bits per heavy atom. The highest BCUT2D eigenvalue weighted by atomic mass is 32.2. The van der Waals surface area contributed by atoms with Crippen LogP contribution in [0.2, 0.25) is 0 Å². The van der Waals surface area contributed by atoms with Gasteiger partial charge >= 0.3 is 0 Å². The third-order valence-electron chi connectivity index (χ3n) is 4.68. The molecule has 1 aromatic heterocycles. The lowest BCUT2D eigenvalue weighted by Crippen LogP contribution is -2.32. The fraction of sp³-hybridized carbons (Fsp3) is 0.286. The van der Waals surface area contributed by atoms with Gasteiger partial charge in [0.2, 0.25) is 5.91 Å². The number of halogens is 1. The largest absolute Gasteiger partial charge is 0.376 e. The van der Waals surface area contributed by atoms with E-state index in [-0.39, 0.29) is 24.2 Å². The van der Waals surface area contributed by atoms with E-state index in [1.807, 2.05) is 30.3 Å². The summed E-state index contributed by atoms with van der Waals surface area (Å²) in [7, 11) is 0. The number of amides is 1. The van der Waals surface area contributed by atoms with E-state index in [9.17, 15) is 9.18 Å². The number of ether oxygens (including phenoxy) is 1. The third-order valence-corrected chi connectivity index (χ3v) is 5.72. The molecule has 1 aliphatic heterocycles. The number of rotatable bonds is 6. The second-order valence-corrected chi connectivity index (χ2v) is 7.74. The van der Waals surface area contributed by atoms with Gasteiger partial charge in [-0.2, -0.15) is 0 Å². The Morgan fingerprint density at radius 3 is 2.96 bits per heavy atom. The number of para-hydroxylation sites is 1. The molecule has 0 unspecified atom stereocenters. The van der Waals surface area contributed by atoms with Gasteiger partial charge in [0.1, 0.15) is 5.82 Å². The molecular formula is C21H21FN2O2S. The van der Waals surface area contributed by atoms with Crippen molar-refractivity contribution in [1.29, 1.82) is 0 Å². The number of H-pyrrole nitrogens is 1. The molecule has 1 saturated heterocycles. The molecule has 6 heteroatoms. The SMILES string of the molecule is O=C(Cc1c(Sc2cccc(F)c2)[nH]c2ccccc12)NC[C@@H]1CCCO1. The van der Waals surface area contributed by atoms with Gasteiger partial charge in [-0.1, -0.05) is 36.0 Å². The first-order valence-electron chi connectivity index (χ1n) is 9.10. The topological polar surface area (TPSA) is 54.1 Å². The molecule has 2 aromatic carbocycles. The van der Waals surface area contributed by atoms with Crippen LogP contribution in [0.15, 0.2) is 58.5 Å². The number of carbonyl (C=O) groups excluding carboxylic acids is 1. The van der Waals surface area contributed by atoms with Crippen molar-refractivity contribution in [3.63, 3.8) is 0 Å². The van der Waals surface area contributed by atoms with Crippen molar-refractivity contribution >= 4 is 28.6 Å². The summed E-state index contributed by atoms with van der Waals surface area (Å²) in [6.07, 6.45) is 2.44. The lowest BCUT2D eigenvalue weighted by Gasteiger charge is -2.11. The van der Waals surface area contributed by atoms with Gasteiger partial charge in [-0.3, -0.25) is 4.79 Å². The van der Waals surface area contributed by atoms with Crippen LogP contribution in [-0.4, -0.2) is 30.1 Å². The van der Waals surface area contributed by atoms with Crippen molar-refractivity contribution in [2.45, 2.75) is 35.3 Å². The summed E-state index contributed by atoms with van der Waals surface area (Å²) in [5, 5.41) is 4.87. The minimum atomic E-state index is -0.271. The van der Waals surface area contributed by atoms with Gasteiger partial charge in [0, 0.05) is 34.5 Å². The first-order valence-corrected chi connectivity index (χ1v) is 9.92. The lowest BCUT2D eigenvalue weighted by molar-refractivity contribution is -0.120. The number of aromatic amines is 1. The van der Waals surface area contributed by atoms with Crippen molar-refractivity contribution in [3.8, 4) is 0 Å². The van der Waals surface area contributed by atoms with E-state index in [1.165, 1.54) is 23.9 Å². The summed E-state index contributed by atoms with van der Waals surface area (Å²) in [5.74, 6) is -0.302. The van der Waals surface area contributed by atoms with E-state index in [0.717, 1.165) is 45.8 Å². The molecule has 0 radical (unpaired) electrons. The zero-order valence-electron chi connectivity index (χ0n) is 14.8. The van der Waals surface area contributed by atoms with E-state index in [4.69, 9.17) is 4.74 Å². The minimum Gasteiger partial charge on any atom is -0.376 e. The molecule has 27 heavy (non-hydrogen) atoms. The molecule has 1 aliphatic rings.